The van der Waals surface area contributed by atoms with Crippen LogP contribution in [0.15, 0.2) is 4.99 Å². The van der Waals surface area contributed by atoms with Crippen LogP contribution in [0.1, 0.15) is 26.7 Å². The summed E-state index contributed by atoms with van der Waals surface area (Å²) in [6, 6.07) is -0.122. The highest BCUT2D eigenvalue weighted by Gasteiger charge is 2.65. The van der Waals surface area contributed by atoms with Gasteiger partial charge in [0, 0.05) is 20.3 Å². The molecule has 0 aromatic heterocycles. The Bertz CT molecular complexity index is 471. The molecule has 12 heteroatoms. The van der Waals surface area contributed by atoms with Gasteiger partial charge in [0.25, 0.3) is 0 Å². The molecular formula is C14H32N6O6. The Balaban J connectivity index is 3.68. The second-order valence-electron chi connectivity index (χ2n) is 5.47. The van der Waals surface area contributed by atoms with Crippen molar-refractivity contribution >= 4 is 5.96 Å². The molecule has 0 amide bonds. The Morgan fingerprint density at radius 1 is 1.15 bits per heavy atom. The first-order valence-corrected chi connectivity index (χ1v) is 8.16. The van der Waals surface area contributed by atoms with Crippen LogP contribution in [0.5, 0.6) is 0 Å². The fraction of sp³-hybridized carbons (Fsp3) is 0.929. The van der Waals surface area contributed by atoms with Crippen molar-refractivity contribution in [2.45, 2.75) is 44.7 Å². The van der Waals surface area contributed by atoms with Crippen molar-refractivity contribution < 1.29 is 28.8 Å². The number of methoxy groups -OCH3 is 2. The van der Waals surface area contributed by atoms with Crippen molar-refractivity contribution in [2.24, 2.45) is 10.7 Å². The van der Waals surface area contributed by atoms with Gasteiger partial charge in [-0.15, -0.1) is 10.5 Å². The number of hydrogen-bond donors (Lipinski definition) is 2. The second-order valence-corrected chi connectivity index (χ2v) is 5.47. The molecule has 0 radical (unpaired) electrons. The van der Waals surface area contributed by atoms with Gasteiger partial charge in [0.1, 0.15) is 0 Å². The number of rotatable bonds is 11. The third-order valence-electron chi connectivity index (χ3n) is 4.03. The maximum absolute atomic E-state index is 6.14. The minimum atomic E-state index is -1.68. The Morgan fingerprint density at radius 3 is 2.19 bits per heavy atom. The molecule has 154 valence electrons. The topological polar surface area (TPSA) is 116 Å². The summed E-state index contributed by atoms with van der Waals surface area (Å²) in [6.07, 6.45) is 1.71. The third-order valence-corrected chi connectivity index (χ3v) is 4.03. The maximum atomic E-state index is 6.14. The smallest absolute Gasteiger partial charge is 0.341 e. The predicted octanol–water partition coefficient (Wildman–Crippen LogP) is -0.240. The van der Waals surface area contributed by atoms with Crippen LogP contribution in [0.3, 0.4) is 0 Å². The standard InChI is InChI=1S/C14H32N6O6/c1-9-10-11(2)18(24-6)14(22-4)19(25-7)12(15)16-13(21-3,17-23-5)20(14)26-8/h11,17H,9-10H2,1-8H3,(H2,15,16). The summed E-state index contributed by atoms with van der Waals surface area (Å²) in [4.78, 5) is 26.0. The largest absolute Gasteiger partial charge is 0.368 e. The van der Waals surface area contributed by atoms with Crippen LogP contribution in [-0.2, 0) is 28.8 Å². The molecule has 1 rings (SSSR count). The quantitative estimate of drug-likeness (QED) is 0.365. The van der Waals surface area contributed by atoms with Gasteiger partial charge in [0.05, 0.1) is 28.4 Å². The molecule has 1 aliphatic rings. The first-order chi connectivity index (χ1) is 12.4. The lowest BCUT2D eigenvalue weighted by Crippen LogP contribution is -2.82. The van der Waals surface area contributed by atoms with E-state index in [2.05, 4.69) is 17.4 Å². The molecule has 0 aliphatic carbocycles. The molecule has 3 unspecified atom stereocenters. The lowest BCUT2D eigenvalue weighted by molar-refractivity contribution is -0.542. The molecular weight excluding hydrogens is 348 g/mol. The minimum absolute atomic E-state index is 0.0557. The van der Waals surface area contributed by atoms with Crippen LogP contribution >= 0.6 is 0 Å². The molecule has 0 aromatic rings. The number of nitrogens with one attached hydrogen (secondary N) is 1. The molecule has 0 saturated carbocycles. The average molecular weight is 380 g/mol. The van der Waals surface area contributed by atoms with Crippen LogP contribution in [-0.4, -0.2) is 81.8 Å². The van der Waals surface area contributed by atoms with Crippen LogP contribution in [0, 0.1) is 0 Å². The van der Waals surface area contributed by atoms with E-state index in [0.29, 0.717) is 0 Å². The van der Waals surface area contributed by atoms with E-state index in [1.807, 2.05) is 6.92 Å². The number of hydrogen-bond acceptors (Lipinski definition) is 12. The summed E-state index contributed by atoms with van der Waals surface area (Å²) in [6.45, 7) is 4.03. The second kappa shape index (κ2) is 9.73. The molecule has 12 nitrogen and oxygen atoms in total. The zero-order valence-corrected chi connectivity index (χ0v) is 16.8. The average Bonchev–Trinajstić information content (AvgIpc) is 2.62. The zero-order valence-electron chi connectivity index (χ0n) is 16.8. The van der Waals surface area contributed by atoms with Gasteiger partial charge in [-0.1, -0.05) is 18.4 Å². The van der Waals surface area contributed by atoms with Crippen molar-refractivity contribution in [3.05, 3.63) is 0 Å². The van der Waals surface area contributed by atoms with Gasteiger partial charge in [-0.25, -0.2) is 0 Å². The molecule has 0 saturated heterocycles. The predicted molar refractivity (Wildman–Crippen MR) is 92.2 cm³/mol. The zero-order chi connectivity index (χ0) is 20.0. The molecule has 1 aliphatic heterocycles. The Hall–Kier alpha value is -1.09. The van der Waals surface area contributed by atoms with E-state index in [0.717, 1.165) is 12.8 Å². The maximum Gasteiger partial charge on any atom is 0.341 e. The molecule has 3 N–H and O–H groups in total. The SMILES string of the molecule is CCCC(C)N(OC)C1(OC)N(OC)C(N)=NC(NOC)(OC)N1OC. The van der Waals surface area contributed by atoms with E-state index in [-0.39, 0.29) is 12.0 Å². The van der Waals surface area contributed by atoms with E-state index in [1.165, 1.54) is 57.8 Å². The summed E-state index contributed by atoms with van der Waals surface area (Å²) in [5.41, 5.74) is 8.77. The summed E-state index contributed by atoms with van der Waals surface area (Å²) in [7, 11) is 8.62. The van der Waals surface area contributed by atoms with Crippen molar-refractivity contribution in [1.82, 2.24) is 20.7 Å². The van der Waals surface area contributed by atoms with Crippen molar-refractivity contribution in [2.75, 3.05) is 42.7 Å². The first kappa shape index (κ1) is 23.0. The minimum Gasteiger partial charge on any atom is -0.368 e. The van der Waals surface area contributed by atoms with E-state index in [4.69, 9.17) is 34.6 Å². The Kier molecular flexibility index (Phi) is 8.59. The molecule has 1 heterocycles. The van der Waals surface area contributed by atoms with Crippen LogP contribution < -0.4 is 11.2 Å². The summed E-state index contributed by atoms with van der Waals surface area (Å²) in [5.74, 6) is -3.37. The molecule has 3 atom stereocenters. The number of nitrogens with zero attached hydrogens (tertiary/aromatic N) is 4. The lowest BCUT2D eigenvalue weighted by Gasteiger charge is -2.57. The number of aliphatic imine (C=N–C) groups is 1. The van der Waals surface area contributed by atoms with E-state index < -0.39 is 11.9 Å². The van der Waals surface area contributed by atoms with Gasteiger partial charge >= 0.3 is 11.9 Å². The Labute approximate surface area is 154 Å². The fourth-order valence-corrected chi connectivity index (χ4v) is 3.05. The highest BCUT2D eigenvalue weighted by molar-refractivity contribution is 5.78. The fourth-order valence-electron chi connectivity index (χ4n) is 3.05. The van der Waals surface area contributed by atoms with E-state index in [9.17, 15) is 0 Å². The molecule has 0 spiro atoms. The molecule has 26 heavy (non-hydrogen) atoms. The van der Waals surface area contributed by atoms with Gasteiger partial charge < -0.3 is 15.2 Å². The van der Waals surface area contributed by atoms with Crippen LogP contribution in [0.2, 0.25) is 0 Å². The summed E-state index contributed by atoms with van der Waals surface area (Å²) >= 11 is 0. The van der Waals surface area contributed by atoms with Gasteiger partial charge in [0.15, 0.2) is 0 Å². The van der Waals surface area contributed by atoms with Crippen molar-refractivity contribution in [1.29, 1.82) is 0 Å². The molecule has 0 bridgehead atoms. The van der Waals surface area contributed by atoms with Gasteiger partial charge in [0.2, 0.25) is 5.96 Å². The van der Waals surface area contributed by atoms with Crippen LogP contribution in [0.4, 0.5) is 0 Å². The van der Waals surface area contributed by atoms with Crippen molar-refractivity contribution in [3.8, 4) is 0 Å². The van der Waals surface area contributed by atoms with Gasteiger partial charge in [-0.3, -0.25) is 19.4 Å². The number of guanidine groups is 1. The Morgan fingerprint density at radius 2 is 1.81 bits per heavy atom. The summed E-state index contributed by atoms with van der Waals surface area (Å²) in [5, 5.41) is 3.98. The number of nitrogens with two attached hydrogens (primary N) is 1. The van der Waals surface area contributed by atoms with E-state index >= 15 is 0 Å². The lowest BCUT2D eigenvalue weighted by atomic mass is 10.2. The van der Waals surface area contributed by atoms with Crippen molar-refractivity contribution in [3.63, 3.8) is 0 Å². The highest BCUT2D eigenvalue weighted by atomic mass is 16.9. The van der Waals surface area contributed by atoms with Gasteiger partial charge in [-0.2, -0.15) is 10.1 Å². The van der Waals surface area contributed by atoms with Crippen LogP contribution in [0.25, 0.3) is 0 Å². The van der Waals surface area contributed by atoms with Gasteiger partial charge in [-0.05, 0) is 13.3 Å². The number of hydroxylamine groups is 7. The number of ether oxygens (including phenoxy) is 2. The molecule has 0 fully saturated rings. The summed E-state index contributed by atoms with van der Waals surface area (Å²) < 4.78 is 11.4. The molecule has 0 aromatic carbocycles. The highest BCUT2D eigenvalue weighted by Crippen LogP contribution is 2.38. The van der Waals surface area contributed by atoms with E-state index in [1.54, 1.807) is 0 Å². The normalized spacial score (nSPS) is 28.5. The third kappa shape index (κ3) is 3.65. The monoisotopic (exact) mass is 380 g/mol. The first-order valence-electron chi connectivity index (χ1n) is 8.16.